The summed E-state index contributed by atoms with van der Waals surface area (Å²) in [7, 11) is 0. The molecule has 0 saturated heterocycles. The van der Waals surface area contributed by atoms with Gasteiger partial charge in [-0.2, -0.15) is 5.26 Å². The van der Waals surface area contributed by atoms with Gasteiger partial charge in [0.15, 0.2) is 0 Å². The zero-order chi connectivity index (χ0) is 66.1. The maximum Gasteiger partial charge on any atom is 0.237 e. The molecule has 0 unspecified atom stereocenters. The number of nitrogens with zero attached hydrogens (tertiary/aromatic N) is 7. The molecule has 15 aromatic carbocycles. The zero-order valence-corrected chi connectivity index (χ0v) is 53.8. The van der Waals surface area contributed by atoms with Crippen LogP contribution in [0.25, 0.3) is 187 Å². The summed E-state index contributed by atoms with van der Waals surface area (Å²) in [6.45, 7) is 9.46. The number of rotatable bonds is 7. The Balaban J connectivity index is 0.000000151. The molecule has 0 saturated carbocycles. The van der Waals surface area contributed by atoms with Crippen LogP contribution < -0.4 is 0 Å². The van der Waals surface area contributed by atoms with Crippen LogP contribution in [0.3, 0.4) is 0 Å². The summed E-state index contributed by atoms with van der Waals surface area (Å²) in [4.78, 5) is 4.63. The van der Waals surface area contributed by atoms with Gasteiger partial charge < -0.3 is 27.3 Å². The average molecular weight is 1270 g/mol. The molecule has 6 aromatic heterocycles. The van der Waals surface area contributed by atoms with Gasteiger partial charge in [-0.3, -0.25) is 0 Å². The Bertz CT molecular complexity index is 6670. The molecular weight excluding hydrogens is 1220 g/mol. The summed E-state index contributed by atoms with van der Waals surface area (Å²) < 4.78 is 17.7. The van der Waals surface area contributed by atoms with Gasteiger partial charge in [-0.05, 0) is 102 Å². The molecule has 0 aliphatic carbocycles. The molecule has 21 aromatic rings. The molecule has 0 radical (unpaired) electrons. The SMILES string of the molecule is [C-]#[N+]c1c(-n2c3ccccc3c3ccccc32)c(C#N)c(-n2c3ccccc3c3ccccc32)c(-n2c3ccccc3c3ccccc32)c1-n1c2ccccc2c2ccccc21.c1cc(-c2cccc(-n3c4ccccc4c4ccccc43)c2)cc(-c2cccc3c2oc2ccccc23)c1. The van der Waals surface area contributed by atoms with Gasteiger partial charge in [-0.25, -0.2) is 4.85 Å². The van der Waals surface area contributed by atoms with Crippen molar-refractivity contribution in [3.8, 4) is 56.8 Å². The van der Waals surface area contributed by atoms with E-state index < -0.39 is 0 Å². The average Bonchev–Trinajstić information content (AvgIpc) is 1.46. The summed E-state index contributed by atoms with van der Waals surface area (Å²) >= 11 is 0. The van der Waals surface area contributed by atoms with E-state index in [4.69, 9.17) is 4.42 Å². The quantitative estimate of drug-likeness (QED) is 0.149. The molecule has 21 rings (SSSR count). The van der Waals surface area contributed by atoms with Gasteiger partial charge in [-0.15, -0.1) is 0 Å². The van der Waals surface area contributed by atoms with Crippen molar-refractivity contribution < 1.29 is 4.42 Å². The number of para-hydroxylation sites is 12. The molecule has 0 N–H and O–H groups in total. The Labute approximate surface area is 573 Å². The molecule has 0 atom stereocenters. The van der Waals surface area contributed by atoms with Crippen molar-refractivity contribution in [2.24, 2.45) is 0 Å². The summed E-state index contributed by atoms with van der Waals surface area (Å²) in [5, 5.41) is 25.5. The Morgan fingerprint density at radius 3 is 0.990 bits per heavy atom. The van der Waals surface area contributed by atoms with Crippen molar-refractivity contribution in [3.05, 3.63) is 351 Å². The van der Waals surface area contributed by atoms with Gasteiger partial charge in [0.05, 0.1) is 90.1 Å². The minimum Gasteiger partial charge on any atom is -0.455 e. The van der Waals surface area contributed by atoms with Crippen molar-refractivity contribution in [2.75, 3.05) is 0 Å². The minimum atomic E-state index is 0.376. The Hall–Kier alpha value is -13.9. The Morgan fingerprint density at radius 1 is 0.270 bits per heavy atom. The van der Waals surface area contributed by atoms with Crippen molar-refractivity contribution in [1.29, 1.82) is 5.26 Å². The van der Waals surface area contributed by atoms with E-state index in [-0.39, 0.29) is 0 Å². The van der Waals surface area contributed by atoms with Crippen LogP contribution in [0.2, 0.25) is 0 Å². The normalized spacial score (nSPS) is 11.8. The fourth-order valence-corrected chi connectivity index (χ4v) is 16.3. The molecule has 6 heterocycles. The van der Waals surface area contributed by atoms with E-state index in [0.29, 0.717) is 28.3 Å². The second kappa shape index (κ2) is 22.3. The van der Waals surface area contributed by atoms with E-state index in [9.17, 15) is 11.8 Å². The minimum absolute atomic E-state index is 0.376. The second-order valence-corrected chi connectivity index (χ2v) is 25.6. The van der Waals surface area contributed by atoms with E-state index in [0.717, 1.165) is 132 Å². The van der Waals surface area contributed by atoms with E-state index >= 15 is 0 Å². The monoisotopic (exact) mass is 1270 g/mol. The maximum atomic E-state index is 12.1. The first-order valence-electron chi connectivity index (χ1n) is 33.7. The van der Waals surface area contributed by atoms with Crippen LogP contribution in [0, 0.1) is 17.9 Å². The molecular formula is C92H55N7O. The fourth-order valence-electron chi connectivity index (χ4n) is 16.3. The summed E-state index contributed by atoms with van der Waals surface area (Å²) in [5.41, 5.74) is 21.1. The third-order valence-corrected chi connectivity index (χ3v) is 20.4. The van der Waals surface area contributed by atoms with Gasteiger partial charge in [0.25, 0.3) is 0 Å². The van der Waals surface area contributed by atoms with Crippen molar-refractivity contribution in [1.82, 2.24) is 22.8 Å². The second-order valence-electron chi connectivity index (χ2n) is 25.6. The van der Waals surface area contributed by atoms with Crippen LogP contribution in [0.15, 0.2) is 338 Å². The molecule has 0 amide bonds. The van der Waals surface area contributed by atoms with Crippen molar-refractivity contribution in [3.63, 3.8) is 0 Å². The Morgan fingerprint density at radius 2 is 0.580 bits per heavy atom. The predicted molar refractivity (Wildman–Crippen MR) is 414 cm³/mol. The lowest BCUT2D eigenvalue weighted by atomic mass is 9.97. The van der Waals surface area contributed by atoms with Gasteiger partial charge in [0.1, 0.15) is 17.2 Å². The molecule has 0 spiro atoms. The molecule has 464 valence electrons. The van der Waals surface area contributed by atoms with E-state index in [1.807, 2.05) is 24.3 Å². The van der Waals surface area contributed by atoms with Gasteiger partial charge in [0, 0.05) is 75.9 Å². The van der Waals surface area contributed by atoms with Crippen LogP contribution in [0.5, 0.6) is 0 Å². The zero-order valence-electron chi connectivity index (χ0n) is 53.8. The van der Waals surface area contributed by atoms with Crippen molar-refractivity contribution >= 4 is 137 Å². The van der Waals surface area contributed by atoms with Crippen molar-refractivity contribution in [2.45, 2.75) is 0 Å². The molecule has 100 heavy (non-hydrogen) atoms. The molecule has 0 fully saturated rings. The van der Waals surface area contributed by atoms with E-state index in [1.165, 1.54) is 32.9 Å². The lowest BCUT2D eigenvalue weighted by molar-refractivity contribution is 0.670. The van der Waals surface area contributed by atoms with Gasteiger partial charge in [0.2, 0.25) is 5.69 Å². The first-order chi connectivity index (χ1) is 49.6. The first-order valence-corrected chi connectivity index (χ1v) is 33.7. The first kappa shape index (κ1) is 56.4. The number of benzene rings is 15. The van der Waals surface area contributed by atoms with Crippen LogP contribution >= 0.6 is 0 Å². The lowest BCUT2D eigenvalue weighted by Gasteiger charge is -2.27. The molecule has 8 heteroatoms. The topological polar surface area (TPSA) is 65.9 Å². The highest BCUT2D eigenvalue weighted by Crippen LogP contribution is 2.52. The Kier molecular flexibility index (Phi) is 12.6. The van der Waals surface area contributed by atoms with Crippen LogP contribution in [0.4, 0.5) is 5.69 Å². The molecule has 0 aliphatic heterocycles. The predicted octanol–water partition coefficient (Wildman–Crippen LogP) is 24.5. The number of fused-ring (bicyclic) bond motifs is 18. The van der Waals surface area contributed by atoms with Crippen LogP contribution in [-0.4, -0.2) is 22.8 Å². The van der Waals surface area contributed by atoms with E-state index in [2.05, 4.69) is 343 Å². The standard InChI is InChI=1S/C56H32N6.C36H23NO/c1-58-52-53(59-44-26-10-2-18-35(44)36-19-3-11-27-45(36)59)43(34-57)54(60-46-28-12-4-20-37(46)38-21-5-13-29-47(38)60)56(62-50-32-16-8-24-41(50)42-25-9-17-33-51(42)62)55(52)61-48-30-14-6-22-39(48)40-23-7-15-31-49(40)61;1-4-19-33-29(14-1)30-15-2-5-20-34(30)37(33)27-13-8-11-25(23-27)24-10-7-12-26(22-24)28-17-9-18-32-31-16-3-6-21-35(31)38-36(28)32/h2-33H;1-23H. The number of aromatic nitrogens is 5. The smallest absolute Gasteiger partial charge is 0.237 e. The largest absolute Gasteiger partial charge is 0.455 e. The fraction of sp³-hybridized carbons (Fsp3) is 0. The van der Waals surface area contributed by atoms with Gasteiger partial charge in [-0.1, -0.05) is 249 Å². The number of furan rings is 1. The summed E-state index contributed by atoms with van der Waals surface area (Å²) in [5.74, 6) is 0. The lowest BCUT2D eigenvalue weighted by Crippen LogP contribution is -2.14. The molecule has 0 aliphatic rings. The highest BCUT2D eigenvalue weighted by Gasteiger charge is 2.35. The highest BCUT2D eigenvalue weighted by molar-refractivity contribution is 6.18. The van der Waals surface area contributed by atoms with Gasteiger partial charge >= 0.3 is 0 Å². The van der Waals surface area contributed by atoms with Crippen LogP contribution in [0.1, 0.15) is 5.56 Å². The molecule has 8 nitrogen and oxygen atoms in total. The maximum absolute atomic E-state index is 12.1. The van der Waals surface area contributed by atoms with Crippen LogP contribution in [-0.2, 0) is 0 Å². The third-order valence-electron chi connectivity index (χ3n) is 20.4. The number of nitriles is 1. The van der Waals surface area contributed by atoms with E-state index in [1.54, 1.807) is 0 Å². The number of hydrogen-bond donors (Lipinski definition) is 0. The molecule has 0 bridgehead atoms. The number of hydrogen-bond acceptors (Lipinski definition) is 2. The summed E-state index contributed by atoms with van der Waals surface area (Å²) in [6, 6.07) is 120. The third kappa shape index (κ3) is 8.26. The summed E-state index contributed by atoms with van der Waals surface area (Å²) in [6.07, 6.45) is 0. The highest BCUT2D eigenvalue weighted by atomic mass is 16.3.